The van der Waals surface area contributed by atoms with Crippen LogP contribution in [-0.2, 0) is 0 Å². The molecule has 0 nitrogen and oxygen atoms in total. The molecule has 0 saturated carbocycles. The molecule has 0 atom stereocenters. The second kappa shape index (κ2) is 3.41. The third-order valence-electron chi connectivity index (χ3n) is 3.19. The van der Waals surface area contributed by atoms with Crippen LogP contribution in [0.2, 0.25) is 16.3 Å². The molecule has 0 N–H and O–H groups in total. The molecule has 0 bridgehead atoms. The SMILES string of the molecule is CC1=C(C)[CH]([Ge]([CH3])[CH3])C(C)=C1C. The van der Waals surface area contributed by atoms with Crippen LogP contribution in [0.4, 0.5) is 0 Å². The van der Waals surface area contributed by atoms with Crippen LogP contribution in [0.25, 0.3) is 0 Å². The van der Waals surface area contributed by atoms with Crippen molar-refractivity contribution in [3.05, 3.63) is 22.3 Å². The summed E-state index contributed by atoms with van der Waals surface area (Å²) in [5.74, 6) is 4.95. The summed E-state index contributed by atoms with van der Waals surface area (Å²) >= 11 is -0.787. The Hall–Kier alpha value is 0.0229. The van der Waals surface area contributed by atoms with Crippen LogP contribution >= 0.6 is 0 Å². The zero-order valence-electron chi connectivity index (χ0n) is 9.08. The third-order valence-corrected chi connectivity index (χ3v) is 7.43. The number of hydrogen-bond donors (Lipinski definition) is 0. The van der Waals surface area contributed by atoms with Crippen LogP contribution in [0.5, 0.6) is 0 Å². The first-order valence-corrected chi connectivity index (χ1v) is 10.0. The fraction of sp³-hybridized carbons (Fsp3) is 0.636. The van der Waals surface area contributed by atoms with E-state index in [0.29, 0.717) is 0 Å². The van der Waals surface area contributed by atoms with Gasteiger partial charge in [0.05, 0.1) is 0 Å². The summed E-state index contributed by atoms with van der Waals surface area (Å²) < 4.78 is 0.880. The van der Waals surface area contributed by atoms with Crippen molar-refractivity contribution < 1.29 is 0 Å². The third kappa shape index (κ3) is 1.41. The average molecular weight is 224 g/mol. The quantitative estimate of drug-likeness (QED) is 0.594. The van der Waals surface area contributed by atoms with Crippen molar-refractivity contribution >= 4 is 14.3 Å². The fourth-order valence-corrected chi connectivity index (χ4v) is 6.76. The van der Waals surface area contributed by atoms with Crippen molar-refractivity contribution in [1.82, 2.24) is 0 Å². The van der Waals surface area contributed by atoms with E-state index in [-0.39, 0.29) is 0 Å². The van der Waals surface area contributed by atoms with E-state index in [1.807, 2.05) is 0 Å². The van der Waals surface area contributed by atoms with Crippen molar-refractivity contribution in [2.45, 2.75) is 44.0 Å². The molecule has 0 aromatic carbocycles. The Morgan fingerprint density at radius 3 is 1.33 bits per heavy atom. The second-order valence-corrected chi connectivity index (χ2v) is 9.86. The Morgan fingerprint density at radius 1 is 0.833 bits per heavy atom. The van der Waals surface area contributed by atoms with E-state index >= 15 is 0 Å². The summed E-state index contributed by atoms with van der Waals surface area (Å²) in [7, 11) is 0. The molecule has 1 heteroatoms. The number of rotatable bonds is 1. The van der Waals surface area contributed by atoms with Crippen molar-refractivity contribution in [1.29, 1.82) is 0 Å². The van der Waals surface area contributed by atoms with Gasteiger partial charge in [0.15, 0.2) is 0 Å². The number of hydrogen-bond acceptors (Lipinski definition) is 0. The van der Waals surface area contributed by atoms with E-state index in [0.717, 1.165) is 4.75 Å². The van der Waals surface area contributed by atoms with Crippen LogP contribution in [0.15, 0.2) is 22.3 Å². The van der Waals surface area contributed by atoms with Crippen molar-refractivity contribution in [3.63, 3.8) is 0 Å². The molecule has 0 heterocycles. The molecule has 0 fully saturated rings. The molecule has 12 heavy (non-hydrogen) atoms. The minimum atomic E-state index is -0.787. The van der Waals surface area contributed by atoms with Crippen LogP contribution in [-0.4, -0.2) is 14.3 Å². The molecule has 0 saturated heterocycles. The van der Waals surface area contributed by atoms with Gasteiger partial charge in [-0.3, -0.25) is 0 Å². The van der Waals surface area contributed by atoms with Gasteiger partial charge in [0.2, 0.25) is 0 Å². The summed E-state index contributed by atoms with van der Waals surface area (Å²) in [6, 6.07) is 0. The Labute approximate surface area is 80.9 Å². The summed E-state index contributed by atoms with van der Waals surface area (Å²) in [6.45, 7) is 9.19. The van der Waals surface area contributed by atoms with Crippen molar-refractivity contribution in [2.24, 2.45) is 0 Å². The van der Waals surface area contributed by atoms with E-state index in [2.05, 4.69) is 39.2 Å². The molecule has 67 valence electrons. The predicted octanol–water partition coefficient (Wildman–Crippen LogP) is 3.80. The molecular formula is C11H19Ge. The van der Waals surface area contributed by atoms with Gasteiger partial charge in [-0.1, -0.05) is 0 Å². The Morgan fingerprint density at radius 2 is 1.17 bits per heavy atom. The second-order valence-electron chi connectivity index (χ2n) is 4.13. The predicted molar refractivity (Wildman–Crippen MR) is 58.0 cm³/mol. The maximum atomic E-state index is 2.48. The first kappa shape index (κ1) is 10.1. The topological polar surface area (TPSA) is 0 Å². The Bertz CT molecular complexity index is 232. The van der Waals surface area contributed by atoms with E-state index in [1.54, 1.807) is 22.3 Å². The van der Waals surface area contributed by atoms with Gasteiger partial charge in [-0.2, -0.15) is 0 Å². The molecule has 1 aliphatic carbocycles. The van der Waals surface area contributed by atoms with Crippen LogP contribution in [0.3, 0.4) is 0 Å². The zero-order chi connectivity index (χ0) is 9.46. The standard InChI is InChI=1S/C11H19Ge/c1-7-8(2)10(4)11(9(7)3)12(5)6/h11H,1-6H3. The normalized spacial score (nSPS) is 20.2. The van der Waals surface area contributed by atoms with Gasteiger partial charge in [-0.15, -0.1) is 0 Å². The van der Waals surface area contributed by atoms with Crippen molar-refractivity contribution in [3.8, 4) is 0 Å². The maximum absolute atomic E-state index is 2.48. The molecule has 0 aromatic rings. The van der Waals surface area contributed by atoms with Gasteiger partial charge in [-0.05, 0) is 0 Å². The van der Waals surface area contributed by atoms with Crippen molar-refractivity contribution in [2.75, 3.05) is 0 Å². The summed E-state index contributed by atoms with van der Waals surface area (Å²) in [5.41, 5.74) is 6.44. The molecule has 0 spiro atoms. The summed E-state index contributed by atoms with van der Waals surface area (Å²) in [5, 5.41) is 0. The van der Waals surface area contributed by atoms with Gasteiger partial charge < -0.3 is 0 Å². The zero-order valence-corrected chi connectivity index (χ0v) is 11.2. The monoisotopic (exact) mass is 225 g/mol. The molecule has 1 aliphatic rings. The van der Waals surface area contributed by atoms with E-state index in [9.17, 15) is 0 Å². The first-order chi connectivity index (χ1) is 5.46. The van der Waals surface area contributed by atoms with Gasteiger partial charge in [0, 0.05) is 0 Å². The van der Waals surface area contributed by atoms with Gasteiger partial charge >= 0.3 is 80.6 Å². The molecule has 1 rings (SSSR count). The minimum absolute atomic E-state index is 0.787. The molecule has 0 unspecified atom stereocenters. The number of allylic oxidation sites excluding steroid dienone is 4. The molecule has 0 aliphatic heterocycles. The molecule has 0 aromatic heterocycles. The van der Waals surface area contributed by atoms with Crippen LogP contribution in [0.1, 0.15) is 27.7 Å². The Balaban J connectivity index is 3.08. The van der Waals surface area contributed by atoms with E-state index < -0.39 is 14.3 Å². The Kier molecular flexibility index (Phi) is 2.87. The molecular weight excluding hydrogens is 205 g/mol. The first-order valence-electron chi connectivity index (χ1n) is 4.62. The average Bonchev–Trinajstić information content (AvgIpc) is 2.16. The van der Waals surface area contributed by atoms with E-state index in [4.69, 9.17) is 0 Å². The van der Waals surface area contributed by atoms with Crippen LogP contribution in [0, 0.1) is 0 Å². The van der Waals surface area contributed by atoms with Crippen LogP contribution < -0.4 is 0 Å². The molecule has 1 radical (unpaired) electrons. The van der Waals surface area contributed by atoms with Gasteiger partial charge in [0.25, 0.3) is 0 Å². The fourth-order valence-electron chi connectivity index (χ4n) is 2.22. The van der Waals surface area contributed by atoms with Gasteiger partial charge in [-0.25, -0.2) is 0 Å². The summed E-state index contributed by atoms with van der Waals surface area (Å²) in [6.07, 6.45) is 0. The van der Waals surface area contributed by atoms with Gasteiger partial charge in [0.1, 0.15) is 0 Å². The summed E-state index contributed by atoms with van der Waals surface area (Å²) in [4.78, 5) is 0. The van der Waals surface area contributed by atoms with E-state index in [1.165, 1.54) is 0 Å². The molecule has 0 amide bonds.